The molecule has 0 bridgehead atoms. The molecule has 1 N–H and O–H groups in total. The lowest BCUT2D eigenvalue weighted by Gasteiger charge is -2.43. The van der Waals surface area contributed by atoms with Crippen molar-refractivity contribution in [2.75, 3.05) is 20.3 Å². The van der Waals surface area contributed by atoms with Gasteiger partial charge in [0.05, 0.1) is 11.7 Å². The molecule has 1 aromatic rings. The van der Waals surface area contributed by atoms with Gasteiger partial charge in [-0.1, -0.05) is 0 Å². The van der Waals surface area contributed by atoms with Crippen LogP contribution in [0.15, 0.2) is 18.7 Å². The van der Waals surface area contributed by atoms with E-state index in [1.54, 1.807) is 7.11 Å². The maximum Gasteiger partial charge on any atom is 0.329 e. The summed E-state index contributed by atoms with van der Waals surface area (Å²) in [5, 5.41) is 8.80. The first kappa shape index (κ1) is 16.3. The zero-order valence-electron chi connectivity index (χ0n) is 13.4. The minimum Gasteiger partial charge on any atom is -0.480 e. The van der Waals surface area contributed by atoms with Crippen LogP contribution in [0.5, 0.6) is 0 Å². The van der Waals surface area contributed by atoms with E-state index in [9.17, 15) is 4.79 Å². The first-order valence-electron chi connectivity index (χ1n) is 7.99. The third kappa shape index (κ3) is 3.52. The molecule has 1 aliphatic heterocycles. The minimum atomic E-state index is -0.918. The largest absolute Gasteiger partial charge is 0.480 e. The van der Waals surface area contributed by atoms with Gasteiger partial charge in [0.15, 0.2) is 0 Å². The second-order valence-corrected chi connectivity index (χ2v) is 6.35. The van der Waals surface area contributed by atoms with Gasteiger partial charge in [-0.2, -0.15) is 0 Å². The van der Waals surface area contributed by atoms with Crippen molar-refractivity contribution in [2.45, 2.75) is 50.0 Å². The molecule has 7 nitrogen and oxygen atoms in total. The highest BCUT2D eigenvalue weighted by Crippen LogP contribution is 2.43. The fourth-order valence-electron chi connectivity index (χ4n) is 3.93. The number of nitrogens with zero attached hydrogens (tertiary/aromatic N) is 3. The Morgan fingerprint density at radius 3 is 2.91 bits per heavy atom. The first-order chi connectivity index (χ1) is 11.1. The smallest absolute Gasteiger partial charge is 0.329 e. The lowest BCUT2D eigenvalue weighted by atomic mass is 9.79. The molecule has 0 spiro atoms. The number of hydrogen-bond donors (Lipinski definition) is 1. The Bertz CT molecular complexity index is 541. The molecule has 1 saturated heterocycles. The molecule has 3 rings (SSSR count). The minimum absolute atomic E-state index is 0.0213. The monoisotopic (exact) mass is 321 g/mol. The van der Waals surface area contributed by atoms with E-state index >= 15 is 0 Å². The van der Waals surface area contributed by atoms with Crippen molar-refractivity contribution in [3.63, 3.8) is 0 Å². The summed E-state index contributed by atoms with van der Waals surface area (Å²) in [4.78, 5) is 21.3. The summed E-state index contributed by atoms with van der Waals surface area (Å²) in [7, 11) is 1.78. The van der Waals surface area contributed by atoms with Crippen LogP contribution < -0.4 is 0 Å². The summed E-state index contributed by atoms with van der Waals surface area (Å²) in [5.74, 6) is -0.918. The third-order valence-corrected chi connectivity index (χ3v) is 5.09. The highest BCUT2D eigenvalue weighted by atomic mass is 16.5. The van der Waals surface area contributed by atoms with Crippen LogP contribution >= 0.6 is 0 Å². The van der Waals surface area contributed by atoms with Gasteiger partial charge in [0.1, 0.15) is 12.9 Å². The number of carboxylic acid groups (broad SMARTS) is 1. The number of hydrogen-bond acceptors (Lipinski definition) is 6. The van der Waals surface area contributed by atoms with E-state index in [0.29, 0.717) is 0 Å². The van der Waals surface area contributed by atoms with Gasteiger partial charge in [-0.05, 0) is 25.7 Å². The highest BCUT2D eigenvalue weighted by molar-refractivity contribution is 5.68. The summed E-state index contributed by atoms with van der Waals surface area (Å²) in [5.41, 5.74) is 0.937. The van der Waals surface area contributed by atoms with Crippen molar-refractivity contribution in [3.8, 4) is 0 Å². The molecule has 1 aliphatic carbocycles. The molecule has 0 radical (unpaired) electrons. The molecule has 126 valence electrons. The van der Waals surface area contributed by atoms with Crippen molar-refractivity contribution < 1.29 is 19.4 Å². The second-order valence-electron chi connectivity index (χ2n) is 6.35. The van der Waals surface area contributed by atoms with E-state index in [1.165, 1.54) is 6.33 Å². The fraction of sp³-hybridized carbons (Fsp3) is 0.688. The van der Waals surface area contributed by atoms with Crippen molar-refractivity contribution >= 4 is 5.97 Å². The normalized spacial score (nSPS) is 31.0. The number of carbonyl (C=O) groups is 1. The zero-order chi connectivity index (χ0) is 16.3. The molecule has 2 aliphatic rings. The van der Waals surface area contributed by atoms with Crippen LogP contribution in [0.1, 0.15) is 31.2 Å². The fourth-order valence-corrected chi connectivity index (χ4v) is 3.93. The predicted molar refractivity (Wildman–Crippen MR) is 81.8 cm³/mol. The van der Waals surface area contributed by atoms with E-state index in [2.05, 4.69) is 14.9 Å². The molecular formula is C16H23N3O4. The molecule has 1 aromatic heterocycles. The maximum atomic E-state index is 10.7. The van der Waals surface area contributed by atoms with Crippen LogP contribution in [-0.4, -0.2) is 64.0 Å². The number of aliphatic carboxylic acids is 1. The number of aromatic nitrogens is 2. The Labute approximate surface area is 135 Å². The molecule has 1 saturated carbocycles. The summed E-state index contributed by atoms with van der Waals surface area (Å²) in [6.07, 6.45) is 8.72. The van der Waals surface area contributed by atoms with Gasteiger partial charge in [-0.25, -0.2) is 14.8 Å². The lowest BCUT2D eigenvalue weighted by molar-refractivity contribution is -0.148. The van der Waals surface area contributed by atoms with Crippen LogP contribution in [-0.2, 0) is 20.8 Å². The van der Waals surface area contributed by atoms with Gasteiger partial charge >= 0.3 is 5.97 Å². The number of ether oxygens (including phenoxy) is 2. The van der Waals surface area contributed by atoms with E-state index in [0.717, 1.165) is 44.3 Å². The number of rotatable bonds is 6. The van der Waals surface area contributed by atoms with Crippen molar-refractivity contribution in [1.29, 1.82) is 0 Å². The Morgan fingerprint density at radius 2 is 2.22 bits per heavy atom. The van der Waals surface area contributed by atoms with Crippen LogP contribution in [0, 0.1) is 0 Å². The van der Waals surface area contributed by atoms with Gasteiger partial charge in [0.25, 0.3) is 0 Å². The van der Waals surface area contributed by atoms with Gasteiger partial charge in [-0.15, -0.1) is 0 Å². The van der Waals surface area contributed by atoms with E-state index in [4.69, 9.17) is 14.6 Å². The quantitative estimate of drug-likeness (QED) is 0.839. The summed E-state index contributed by atoms with van der Waals surface area (Å²) in [6, 6.07) is 0.236. The van der Waals surface area contributed by atoms with Crippen molar-refractivity contribution in [1.82, 2.24) is 14.9 Å². The molecular weight excluding hydrogens is 298 g/mol. The Hall–Kier alpha value is -1.57. The van der Waals surface area contributed by atoms with Crippen LogP contribution in [0.25, 0.3) is 0 Å². The molecule has 2 fully saturated rings. The molecule has 0 aromatic carbocycles. The maximum absolute atomic E-state index is 10.7. The van der Waals surface area contributed by atoms with Crippen molar-refractivity contribution in [3.05, 3.63) is 24.3 Å². The van der Waals surface area contributed by atoms with Gasteiger partial charge in [-0.3, -0.25) is 4.90 Å². The van der Waals surface area contributed by atoms with Crippen LogP contribution in [0.4, 0.5) is 0 Å². The first-order valence-corrected chi connectivity index (χ1v) is 7.99. The molecule has 0 amide bonds. The topological polar surface area (TPSA) is 84.8 Å². The number of methoxy groups -OCH3 is 1. The third-order valence-electron chi connectivity index (χ3n) is 5.09. The summed E-state index contributed by atoms with van der Waals surface area (Å²) in [6.45, 7) is 1.51. The number of likely N-dealkylation sites (tertiary alicyclic amines) is 1. The van der Waals surface area contributed by atoms with Crippen molar-refractivity contribution in [2.24, 2.45) is 0 Å². The molecule has 23 heavy (non-hydrogen) atoms. The zero-order valence-corrected chi connectivity index (χ0v) is 13.4. The second kappa shape index (κ2) is 6.90. The molecule has 3 atom stereocenters. The Morgan fingerprint density at radius 1 is 1.43 bits per heavy atom. The Kier molecular flexibility index (Phi) is 4.89. The Balaban J connectivity index is 1.69. The lowest BCUT2D eigenvalue weighted by Crippen LogP contribution is -2.51. The summed E-state index contributed by atoms with van der Waals surface area (Å²) < 4.78 is 11.4. The van der Waals surface area contributed by atoms with Gasteiger partial charge in [0, 0.05) is 44.2 Å². The standard InChI is InChI=1S/C16H23N3O4/c1-22-16-3-2-13(23-10-15(20)21)6-14(16)19(5-4-16)9-12-7-17-11-18-8-12/h7-8,11,13-14H,2-6,9-10H2,1H3,(H,20,21)/t13-,14+,16-/m1/s1. The molecule has 7 heteroatoms. The SMILES string of the molecule is CO[C@@]12CC[C@@H](OCC(=O)O)C[C@@H]1N(Cc1cncnc1)CC2. The average molecular weight is 321 g/mol. The predicted octanol–water partition coefficient (Wildman–Crippen LogP) is 1.09. The van der Waals surface area contributed by atoms with E-state index in [-0.39, 0.29) is 24.4 Å². The number of fused-ring (bicyclic) bond motifs is 1. The molecule has 2 heterocycles. The highest BCUT2D eigenvalue weighted by Gasteiger charge is 2.51. The van der Waals surface area contributed by atoms with Gasteiger partial charge in [0.2, 0.25) is 0 Å². The van der Waals surface area contributed by atoms with Gasteiger partial charge < -0.3 is 14.6 Å². The molecule has 0 unspecified atom stereocenters. The number of carboxylic acids is 1. The van der Waals surface area contributed by atoms with E-state index < -0.39 is 5.97 Å². The van der Waals surface area contributed by atoms with Crippen LogP contribution in [0.2, 0.25) is 0 Å². The van der Waals surface area contributed by atoms with E-state index in [1.807, 2.05) is 12.4 Å². The summed E-state index contributed by atoms with van der Waals surface area (Å²) >= 11 is 0. The average Bonchev–Trinajstić information content (AvgIpc) is 2.92. The van der Waals surface area contributed by atoms with Crippen LogP contribution in [0.3, 0.4) is 0 Å².